The van der Waals surface area contributed by atoms with Gasteiger partial charge in [-0.15, -0.1) is 11.6 Å². The molecule has 1 aromatic carbocycles. The van der Waals surface area contributed by atoms with Crippen molar-refractivity contribution < 1.29 is 9.13 Å². The van der Waals surface area contributed by atoms with Crippen molar-refractivity contribution >= 4 is 20.4 Å². The van der Waals surface area contributed by atoms with Gasteiger partial charge >= 0.3 is 0 Å². The number of ether oxygens (including phenoxy) is 1. The molecule has 0 unspecified atom stereocenters. The van der Waals surface area contributed by atoms with Crippen LogP contribution in [-0.4, -0.2) is 21.3 Å². The summed E-state index contributed by atoms with van der Waals surface area (Å²) in [6.07, 6.45) is 16.0. The molecule has 1 aliphatic carbocycles. The van der Waals surface area contributed by atoms with Crippen LogP contribution in [0, 0.1) is 17.7 Å². The second-order valence-electron chi connectivity index (χ2n) is 10.0. The minimum Gasteiger partial charge on any atom is -0.490 e. The van der Waals surface area contributed by atoms with E-state index < -0.39 is 0 Å². The normalized spacial score (nSPS) is 23.2. The van der Waals surface area contributed by atoms with Crippen LogP contribution < -0.4 is 4.74 Å². The topological polar surface area (TPSA) is 9.23 Å². The summed E-state index contributed by atoms with van der Waals surface area (Å²) in [5.41, 5.74) is 1.15. The lowest BCUT2D eigenvalue weighted by Crippen LogP contribution is -2.21. The Kier molecular flexibility index (Phi) is 11.2. The summed E-state index contributed by atoms with van der Waals surface area (Å²) in [6, 6.07) is 10.3. The second-order valence-corrected chi connectivity index (χ2v) is 13.4. The number of alkyl halides is 1. The minimum absolute atomic E-state index is 0.0481. The summed E-state index contributed by atoms with van der Waals surface area (Å²) in [5, 5.41) is 0. The Hall–Kier alpha value is -0.543. The van der Waals surface area contributed by atoms with Gasteiger partial charge in [0.25, 0.3) is 0 Å². The third kappa shape index (κ3) is 8.39. The molecule has 1 saturated heterocycles. The van der Waals surface area contributed by atoms with E-state index in [1.54, 1.807) is 24.2 Å². The van der Waals surface area contributed by atoms with E-state index in [9.17, 15) is 4.39 Å². The Morgan fingerprint density at radius 2 is 1.65 bits per heavy atom. The molecular formula is C27H43ClFOSi. The van der Waals surface area contributed by atoms with Crippen LogP contribution in [0.1, 0.15) is 95.5 Å². The molecule has 1 aliphatic heterocycles. The first-order chi connectivity index (χ1) is 15.2. The van der Waals surface area contributed by atoms with E-state index in [1.807, 2.05) is 6.07 Å². The van der Waals surface area contributed by atoms with Crippen molar-refractivity contribution in [1.82, 2.24) is 0 Å². The van der Waals surface area contributed by atoms with Crippen molar-refractivity contribution in [2.75, 3.05) is 12.5 Å². The van der Waals surface area contributed by atoms with Gasteiger partial charge in [0.05, 0.1) is 6.61 Å². The summed E-state index contributed by atoms with van der Waals surface area (Å²) < 4.78 is 19.9. The van der Waals surface area contributed by atoms with Crippen molar-refractivity contribution in [2.45, 2.75) is 108 Å². The molecule has 0 bridgehead atoms. The highest BCUT2D eigenvalue weighted by atomic mass is 35.5. The molecule has 2 aliphatic rings. The number of halogens is 2. The van der Waals surface area contributed by atoms with E-state index in [2.05, 4.69) is 13.0 Å². The number of rotatable bonds is 12. The van der Waals surface area contributed by atoms with Gasteiger partial charge in [-0.05, 0) is 67.6 Å². The number of benzene rings is 1. The fourth-order valence-corrected chi connectivity index (χ4v) is 8.95. The molecule has 175 valence electrons. The Bertz CT molecular complexity index is 624. The van der Waals surface area contributed by atoms with E-state index in [4.69, 9.17) is 16.3 Å². The number of unbranched alkanes of at least 4 members (excludes halogenated alkanes) is 1. The summed E-state index contributed by atoms with van der Waals surface area (Å²) in [7, 11) is 0.0481. The van der Waals surface area contributed by atoms with Gasteiger partial charge in [-0.25, -0.2) is 4.39 Å². The summed E-state index contributed by atoms with van der Waals surface area (Å²) >= 11 is 5.66. The van der Waals surface area contributed by atoms with Crippen molar-refractivity contribution in [2.24, 2.45) is 11.8 Å². The highest BCUT2D eigenvalue weighted by Gasteiger charge is 2.24. The Morgan fingerprint density at radius 1 is 0.968 bits per heavy atom. The minimum atomic E-state index is -0.222. The molecule has 1 heterocycles. The zero-order chi connectivity index (χ0) is 21.9. The molecule has 2 fully saturated rings. The van der Waals surface area contributed by atoms with Crippen LogP contribution in [0.4, 0.5) is 4.39 Å². The van der Waals surface area contributed by atoms with Crippen LogP contribution in [0.15, 0.2) is 18.2 Å². The first-order valence-corrected chi connectivity index (χ1v) is 15.7. The van der Waals surface area contributed by atoms with Crippen LogP contribution >= 0.6 is 11.6 Å². The quantitative estimate of drug-likeness (QED) is 0.170. The molecule has 0 aromatic heterocycles. The molecule has 0 atom stereocenters. The molecule has 0 amide bonds. The highest BCUT2D eigenvalue weighted by Crippen LogP contribution is 2.39. The average molecular weight is 466 g/mol. The molecule has 1 nitrogen and oxygen atoms in total. The van der Waals surface area contributed by atoms with Crippen LogP contribution in [0.3, 0.4) is 0 Å². The molecule has 1 aromatic rings. The largest absolute Gasteiger partial charge is 0.490 e. The highest BCUT2D eigenvalue weighted by molar-refractivity contribution is 6.58. The van der Waals surface area contributed by atoms with E-state index >= 15 is 0 Å². The van der Waals surface area contributed by atoms with Gasteiger partial charge in [-0.1, -0.05) is 76.1 Å². The molecule has 1 radical (unpaired) electrons. The van der Waals surface area contributed by atoms with Gasteiger partial charge in [0.2, 0.25) is 0 Å². The predicted octanol–water partition coefficient (Wildman–Crippen LogP) is 8.98. The van der Waals surface area contributed by atoms with Gasteiger partial charge in [-0.2, -0.15) is 0 Å². The standard InChI is InChI=1S/C27H43ClFOSi/c1-2-18-31-19-14-23(15-20-31)7-4-3-6-22-8-10-24(11-9-22)25-12-13-27(26(29)21-25)30-17-5-16-28/h12-13,21-24H,2-11,14-20H2,1H3. The van der Waals surface area contributed by atoms with E-state index in [0.717, 1.165) is 23.8 Å². The Labute approximate surface area is 197 Å². The van der Waals surface area contributed by atoms with E-state index in [-0.39, 0.29) is 14.6 Å². The van der Waals surface area contributed by atoms with Gasteiger partial charge in [0, 0.05) is 14.7 Å². The summed E-state index contributed by atoms with van der Waals surface area (Å²) in [5.74, 6) is 3.14. The smallest absolute Gasteiger partial charge is 0.165 e. The van der Waals surface area contributed by atoms with Crippen LogP contribution in [0.5, 0.6) is 5.75 Å². The van der Waals surface area contributed by atoms with Crippen LogP contribution in [0.2, 0.25) is 18.1 Å². The van der Waals surface area contributed by atoms with Crippen molar-refractivity contribution in [1.29, 1.82) is 0 Å². The monoisotopic (exact) mass is 465 g/mol. The van der Waals surface area contributed by atoms with Crippen LogP contribution in [-0.2, 0) is 0 Å². The third-order valence-electron chi connectivity index (χ3n) is 7.70. The summed E-state index contributed by atoms with van der Waals surface area (Å²) in [4.78, 5) is 0. The Morgan fingerprint density at radius 3 is 2.26 bits per heavy atom. The zero-order valence-corrected chi connectivity index (χ0v) is 21.4. The molecule has 0 spiro atoms. The molecular weight excluding hydrogens is 423 g/mol. The SMILES string of the molecule is CCC[Si]1CCC(CCCCC2CCC(c3ccc(OCCCCl)c(F)c3)CC2)CC1. The van der Waals surface area contributed by atoms with Gasteiger partial charge < -0.3 is 4.74 Å². The lowest BCUT2D eigenvalue weighted by Gasteiger charge is -2.29. The lowest BCUT2D eigenvalue weighted by molar-refractivity contribution is 0.293. The maximum atomic E-state index is 14.4. The molecule has 1 saturated carbocycles. The van der Waals surface area contributed by atoms with Gasteiger partial charge in [0.1, 0.15) is 0 Å². The van der Waals surface area contributed by atoms with Gasteiger partial charge in [0.15, 0.2) is 11.6 Å². The van der Waals surface area contributed by atoms with Crippen molar-refractivity contribution in [3.8, 4) is 5.75 Å². The average Bonchev–Trinajstić information content (AvgIpc) is 2.79. The van der Waals surface area contributed by atoms with Crippen molar-refractivity contribution in [3.05, 3.63) is 29.6 Å². The molecule has 0 N–H and O–H groups in total. The first-order valence-electron chi connectivity index (χ1n) is 13.0. The van der Waals surface area contributed by atoms with Gasteiger partial charge in [-0.3, -0.25) is 0 Å². The summed E-state index contributed by atoms with van der Waals surface area (Å²) in [6.45, 7) is 2.83. The van der Waals surface area contributed by atoms with E-state index in [0.29, 0.717) is 24.2 Å². The first kappa shape index (κ1) is 25.1. The number of hydrogen-bond acceptors (Lipinski definition) is 1. The molecule has 4 heteroatoms. The van der Waals surface area contributed by atoms with E-state index in [1.165, 1.54) is 70.6 Å². The second kappa shape index (κ2) is 13.9. The molecule has 31 heavy (non-hydrogen) atoms. The maximum Gasteiger partial charge on any atom is 0.165 e. The Balaban J connectivity index is 1.30. The predicted molar refractivity (Wildman–Crippen MR) is 134 cm³/mol. The van der Waals surface area contributed by atoms with Crippen molar-refractivity contribution in [3.63, 3.8) is 0 Å². The maximum absolute atomic E-state index is 14.4. The van der Waals surface area contributed by atoms with Crippen LogP contribution in [0.25, 0.3) is 0 Å². The third-order valence-corrected chi connectivity index (χ3v) is 11.2. The fraction of sp³-hybridized carbons (Fsp3) is 0.778. The number of hydrogen-bond donors (Lipinski definition) is 0. The lowest BCUT2D eigenvalue weighted by atomic mass is 9.77. The zero-order valence-electron chi connectivity index (χ0n) is 19.6. The molecule has 3 rings (SSSR count). The fourth-order valence-electron chi connectivity index (χ4n) is 5.75.